The van der Waals surface area contributed by atoms with E-state index in [0.717, 1.165) is 5.56 Å². The van der Waals surface area contributed by atoms with Crippen LogP contribution in [0.15, 0.2) is 29.3 Å². The van der Waals surface area contributed by atoms with E-state index in [1.165, 1.54) is 5.56 Å². The van der Waals surface area contributed by atoms with Gasteiger partial charge >= 0.3 is 0 Å². The van der Waals surface area contributed by atoms with Gasteiger partial charge in [0.25, 0.3) is 5.91 Å². The minimum Gasteiger partial charge on any atom is -0.351 e. The lowest BCUT2D eigenvalue weighted by Crippen LogP contribution is -2.47. The first-order valence-electron chi connectivity index (χ1n) is 7.03. The molecule has 1 aliphatic rings. The van der Waals surface area contributed by atoms with Crippen molar-refractivity contribution in [1.82, 2.24) is 10.6 Å². The van der Waals surface area contributed by atoms with E-state index >= 15 is 0 Å². The van der Waals surface area contributed by atoms with Crippen LogP contribution in [-0.2, 0) is 10.3 Å². The third-order valence-electron chi connectivity index (χ3n) is 3.44. The zero-order valence-corrected chi connectivity index (χ0v) is 12.9. The zero-order chi connectivity index (χ0) is 15.0. The van der Waals surface area contributed by atoms with Crippen molar-refractivity contribution in [1.29, 1.82) is 0 Å². The van der Waals surface area contributed by atoms with E-state index in [9.17, 15) is 4.79 Å². The Morgan fingerprint density at radius 2 is 1.85 bits per heavy atom. The zero-order valence-electron chi connectivity index (χ0n) is 12.9. The maximum absolute atomic E-state index is 12.4. The maximum atomic E-state index is 12.4. The number of hydrogen-bond acceptors (Lipinski definition) is 3. The predicted molar refractivity (Wildman–Crippen MR) is 81.6 cm³/mol. The molecule has 2 N–H and O–H groups in total. The molecular formula is C16H23N3O. The van der Waals surface area contributed by atoms with E-state index in [-0.39, 0.29) is 11.4 Å². The predicted octanol–water partition coefficient (Wildman–Crippen LogP) is 2.47. The van der Waals surface area contributed by atoms with E-state index in [0.29, 0.717) is 12.4 Å². The highest BCUT2D eigenvalue weighted by molar-refractivity contribution is 6.07. The van der Waals surface area contributed by atoms with Gasteiger partial charge in [0.1, 0.15) is 0 Å². The first-order valence-corrected chi connectivity index (χ1v) is 7.03. The number of amides is 1. The van der Waals surface area contributed by atoms with Crippen LogP contribution >= 0.6 is 0 Å². The summed E-state index contributed by atoms with van der Waals surface area (Å²) in [6.07, 6.45) is 0.636. The van der Waals surface area contributed by atoms with Crippen LogP contribution in [0.2, 0.25) is 0 Å². The van der Waals surface area contributed by atoms with Crippen molar-refractivity contribution in [2.45, 2.75) is 52.1 Å². The van der Waals surface area contributed by atoms with Crippen LogP contribution in [0.1, 0.15) is 45.2 Å². The van der Waals surface area contributed by atoms with Crippen LogP contribution in [-0.4, -0.2) is 17.4 Å². The van der Waals surface area contributed by atoms with Gasteiger partial charge in [-0.25, -0.2) is 4.99 Å². The van der Waals surface area contributed by atoms with E-state index in [1.807, 2.05) is 58.9 Å². The molecule has 0 aliphatic carbocycles. The fraction of sp³-hybridized carbons (Fsp3) is 0.500. The van der Waals surface area contributed by atoms with Gasteiger partial charge in [-0.3, -0.25) is 10.1 Å². The number of benzene rings is 1. The highest BCUT2D eigenvalue weighted by Crippen LogP contribution is 2.33. The Bertz CT molecular complexity index is 540. The van der Waals surface area contributed by atoms with Gasteiger partial charge in [0.15, 0.2) is 11.5 Å². The molecule has 0 saturated carbocycles. The second kappa shape index (κ2) is 4.93. The highest BCUT2D eigenvalue weighted by Gasteiger charge is 2.44. The Balaban J connectivity index is 2.39. The van der Waals surface area contributed by atoms with Crippen LogP contribution < -0.4 is 10.6 Å². The number of carbonyl (C=O) groups excluding carboxylic acids is 1. The minimum absolute atomic E-state index is 0.0596. The van der Waals surface area contributed by atoms with Crippen LogP contribution in [0.25, 0.3) is 0 Å². The van der Waals surface area contributed by atoms with Crippen molar-refractivity contribution < 1.29 is 4.79 Å². The van der Waals surface area contributed by atoms with Gasteiger partial charge in [0.05, 0.1) is 0 Å². The van der Waals surface area contributed by atoms with Gasteiger partial charge in [0, 0.05) is 5.54 Å². The first kappa shape index (κ1) is 14.6. The number of hydrogen-bond donors (Lipinski definition) is 2. The van der Waals surface area contributed by atoms with Crippen LogP contribution in [0, 0.1) is 6.92 Å². The second-order valence-electron chi connectivity index (χ2n) is 6.37. The van der Waals surface area contributed by atoms with E-state index in [1.54, 1.807) is 0 Å². The lowest BCUT2D eigenvalue weighted by atomic mass is 9.87. The quantitative estimate of drug-likeness (QED) is 0.869. The lowest BCUT2D eigenvalue weighted by molar-refractivity contribution is -0.124. The van der Waals surface area contributed by atoms with Crippen molar-refractivity contribution >= 4 is 11.9 Å². The molecule has 0 radical (unpaired) electrons. The minimum atomic E-state index is -0.804. The standard InChI is InChI=1S/C16H23N3O/c1-6-16(12-9-7-11(2)8-10-12)13(20)17-14(19-16)18-15(3,4)5/h7-10H,6H2,1-5H3,(H2,17,18,19,20). The molecule has 1 aromatic rings. The number of rotatable bonds is 2. The molecule has 108 valence electrons. The largest absolute Gasteiger partial charge is 0.351 e. The fourth-order valence-electron chi connectivity index (χ4n) is 2.36. The van der Waals surface area contributed by atoms with E-state index in [2.05, 4.69) is 15.6 Å². The Labute approximate surface area is 120 Å². The molecule has 1 unspecified atom stereocenters. The van der Waals surface area contributed by atoms with Gasteiger partial charge in [-0.05, 0) is 39.7 Å². The molecule has 1 atom stereocenters. The maximum Gasteiger partial charge on any atom is 0.259 e. The molecule has 0 fully saturated rings. The van der Waals surface area contributed by atoms with Crippen LogP contribution in [0.4, 0.5) is 0 Å². The second-order valence-corrected chi connectivity index (χ2v) is 6.37. The number of nitrogens with one attached hydrogen (secondary N) is 2. The smallest absolute Gasteiger partial charge is 0.259 e. The highest BCUT2D eigenvalue weighted by atomic mass is 16.2. The molecular weight excluding hydrogens is 250 g/mol. The molecule has 0 aromatic heterocycles. The summed E-state index contributed by atoms with van der Waals surface area (Å²) in [6.45, 7) is 10.1. The molecule has 0 bridgehead atoms. The summed E-state index contributed by atoms with van der Waals surface area (Å²) in [5, 5.41) is 6.10. The summed E-state index contributed by atoms with van der Waals surface area (Å²) >= 11 is 0. The average Bonchev–Trinajstić information content (AvgIpc) is 2.65. The monoisotopic (exact) mass is 273 g/mol. The van der Waals surface area contributed by atoms with Crippen LogP contribution in [0.5, 0.6) is 0 Å². The Morgan fingerprint density at radius 3 is 2.35 bits per heavy atom. The lowest BCUT2D eigenvalue weighted by Gasteiger charge is -2.22. The molecule has 1 amide bonds. The molecule has 2 rings (SSSR count). The average molecular weight is 273 g/mol. The molecule has 20 heavy (non-hydrogen) atoms. The van der Waals surface area contributed by atoms with Gasteiger partial charge < -0.3 is 5.32 Å². The van der Waals surface area contributed by atoms with E-state index < -0.39 is 5.54 Å². The summed E-state index contributed by atoms with van der Waals surface area (Å²) in [7, 11) is 0. The third kappa shape index (κ3) is 2.69. The third-order valence-corrected chi connectivity index (χ3v) is 3.44. The molecule has 0 spiro atoms. The number of aryl methyl sites for hydroxylation is 1. The number of carbonyl (C=O) groups is 1. The topological polar surface area (TPSA) is 53.5 Å². The Hall–Kier alpha value is -1.84. The summed E-state index contributed by atoms with van der Waals surface area (Å²) < 4.78 is 0. The van der Waals surface area contributed by atoms with Crippen molar-refractivity contribution in [3.8, 4) is 0 Å². The molecule has 1 aromatic carbocycles. The number of aliphatic imine (C=N–C) groups is 1. The van der Waals surface area contributed by atoms with Gasteiger partial charge in [-0.2, -0.15) is 0 Å². The van der Waals surface area contributed by atoms with Gasteiger partial charge in [-0.15, -0.1) is 0 Å². The summed E-state index contributed by atoms with van der Waals surface area (Å²) in [5.41, 5.74) is 1.18. The molecule has 4 heteroatoms. The van der Waals surface area contributed by atoms with Gasteiger partial charge in [-0.1, -0.05) is 36.8 Å². The Morgan fingerprint density at radius 1 is 1.25 bits per heavy atom. The summed E-state index contributed by atoms with van der Waals surface area (Å²) in [5.74, 6) is 0.500. The van der Waals surface area contributed by atoms with Crippen molar-refractivity contribution in [3.63, 3.8) is 0 Å². The van der Waals surface area contributed by atoms with Gasteiger partial charge in [0.2, 0.25) is 0 Å². The van der Waals surface area contributed by atoms with Crippen molar-refractivity contribution in [2.75, 3.05) is 0 Å². The summed E-state index contributed by atoms with van der Waals surface area (Å²) in [4.78, 5) is 17.1. The molecule has 1 aliphatic heterocycles. The SMILES string of the molecule is CCC1(c2ccc(C)cc2)N=C(NC(C)(C)C)NC1=O. The number of guanidine groups is 1. The molecule has 0 saturated heterocycles. The molecule has 1 heterocycles. The van der Waals surface area contributed by atoms with Crippen LogP contribution in [0.3, 0.4) is 0 Å². The van der Waals surface area contributed by atoms with Crippen molar-refractivity contribution in [2.24, 2.45) is 4.99 Å². The van der Waals surface area contributed by atoms with E-state index in [4.69, 9.17) is 0 Å². The summed E-state index contributed by atoms with van der Waals surface area (Å²) in [6, 6.07) is 8.01. The van der Waals surface area contributed by atoms with Crippen molar-refractivity contribution in [3.05, 3.63) is 35.4 Å². The Kier molecular flexibility index (Phi) is 3.59. The normalized spacial score (nSPS) is 22.4. The molecule has 4 nitrogen and oxygen atoms in total. The number of nitrogens with zero attached hydrogens (tertiary/aromatic N) is 1. The first-order chi connectivity index (χ1) is 9.27. The fourth-order valence-corrected chi connectivity index (χ4v) is 2.36.